The Kier molecular flexibility index (Phi) is 6.32. The van der Waals surface area contributed by atoms with Gasteiger partial charge >= 0.3 is 5.97 Å². The number of carbonyl (C=O) groups is 2. The normalized spacial score (nSPS) is 15.0. The van der Waals surface area contributed by atoms with Crippen molar-refractivity contribution in [2.24, 2.45) is 11.3 Å². The minimum Gasteiger partial charge on any atom is -0.481 e. The van der Waals surface area contributed by atoms with E-state index in [-0.39, 0.29) is 11.9 Å². The molecule has 0 aliphatic rings. The van der Waals surface area contributed by atoms with Gasteiger partial charge in [-0.25, -0.2) is 0 Å². The third-order valence-corrected chi connectivity index (χ3v) is 2.92. The molecule has 0 saturated carbocycles. The highest BCUT2D eigenvalue weighted by molar-refractivity contribution is 5.97. The fourth-order valence-corrected chi connectivity index (χ4v) is 2.03. The summed E-state index contributed by atoms with van der Waals surface area (Å²) in [6, 6.07) is -0.128. The lowest BCUT2D eigenvalue weighted by molar-refractivity contribution is -0.157. The second-order valence-electron chi connectivity index (χ2n) is 5.57. The van der Waals surface area contributed by atoms with Crippen LogP contribution in [0.4, 0.5) is 0 Å². The molecule has 2 atom stereocenters. The number of carbonyl (C=O) groups excluding carboxylic acids is 1. The summed E-state index contributed by atoms with van der Waals surface area (Å²) in [5, 5.41) is 9.26. The molecule has 0 aromatic heterocycles. The Hall–Kier alpha value is -1.10. The SMILES string of the molecule is CCN(C(=O)C(C(=O)O)C(C)(C)C)C(C)COC. The molecule has 0 saturated heterocycles. The fraction of sp³-hybridized carbons (Fsp3) is 0.846. The van der Waals surface area contributed by atoms with E-state index in [2.05, 4.69) is 0 Å². The number of likely N-dealkylation sites (N-methyl/N-ethyl adjacent to an activating group) is 1. The molecule has 0 aliphatic carbocycles. The van der Waals surface area contributed by atoms with Crippen LogP contribution in [0, 0.1) is 11.3 Å². The zero-order valence-corrected chi connectivity index (χ0v) is 12.2. The number of ether oxygens (including phenoxy) is 1. The van der Waals surface area contributed by atoms with E-state index in [1.807, 2.05) is 13.8 Å². The van der Waals surface area contributed by atoms with Crippen molar-refractivity contribution in [3.63, 3.8) is 0 Å². The molecule has 0 bridgehead atoms. The molecule has 0 spiro atoms. The minimum atomic E-state index is -1.07. The van der Waals surface area contributed by atoms with Gasteiger partial charge < -0.3 is 14.7 Å². The molecule has 0 fully saturated rings. The number of carboxylic acid groups (broad SMARTS) is 1. The van der Waals surface area contributed by atoms with Crippen LogP contribution in [0.1, 0.15) is 34.6 Å². The molecule has 5 heteroatoms. The monoisotopic (exact) mass is 259 g/mol. The van der Waals surface area contributed by atoms with Gasteiger partial charge in [-0.15, -0.1) is 0 Å². The Balaban J connectivity index is 5.11. The largest absolute Gasteiger partial charge is 0.481 e. The van der Waals surface area contributed by atoms with Crippen molar-refractivity contribution >= 4 is 11.9 Å². The molecule has 0 aliphatic heterocycles. The number of hydrogen-bond donors (Lipinski definition) is 1. The number of methoxy groups -OCH3 is 1. The van der Waals surface area contributed by atoms with Crippen molar-refractivity contribution in [3.05, 3.63) is 0 Å². The molecule has 106 valence electrons. The first kappa shape index (κ1) is 16.9. The van der Waals surface area contributed by atoms with E-state index in [0.29, 0.717) is 13.2 Å². The average Bonchev–Trinajstić information content (AvgIpc) is 2.15. The van der Waals surface area contributed by atoms with Crippen molar-refractivity contribution in [1.82, 2.24) is 4.90 Å². The van der Waals surface area contributed by atoms with Crippen LogP contribution in [0.5, 0.6) is 0 Å². The Bertz CT molecular complexity index is 296. The molecular formula is C13H25NO4. The summed E-state index contributed by atoms with van der Waals surface area (Å²) in [5.74, 6) is -2.45. The Morgan fingerprint density at radius 3 is 2.11 bits per heavy atom. The van der Waals surface area contributed by atoms with Gasteiger partial charge in [0.1, 0.15) is 5.92 Å². The summed E-state index contributed by atoms with van der Waals surface area (Å²) in [6.07, 6.45) is 0. The first-order valence-electron chi connectivity index (χ1n) is 6.19. The quantitative estimate of drug-likeness (QED) is 0.736. The van der Waals surface area contributed by atoms with Gasteiger partial charge in [-0.2, -0.15) is 0 Å². The highest BCUT2D eigenvalue weighted by atomic mass is 16.5. The highest BCUT2D eigenvalue weighted by Crippen LogP contribution is 2.28. The first-order chi connectivity index (χ1) is 8.16. The van der Waals surface area contributed by atoms with E-state index in [4.69, 9.17) is 4.74 Å². The van der Waals surface area contributed by atoms with E-state index in [1.165, 1.54) is 0 Å². The van der Waals surface area contributed by atoms with Crippen LogP contribution in [0.2, 0.25) is 0 Å². The lowest BCUT2D eigenvalue weighted by Gasteiger charge is -2.34. The summed E-state index contributed by atoms with van der Waals surface area (Å²) in [4.78, 5) is 25.2. The number of nitrogens with zero attached hydrogens (tertiary/aromatic N) is 1. The number of amides is 1. The second-order valence-corrected chi connectivity index (χ2v) is 5.57. The molecule has 0 radical (unpaired) electrons. The van der Waals surface area contributed by atoms with Crippen LogP contribution in [-0.4, -0.2) is 48.2 Å². The van der Waals surface area contributed by atoms with Crippen molar-refractivity contribution < 1.29 is 19.4 Å². The molecule has 1 amide bonds. The first-order valence-corrected chi connectivity index (χ1v) is 6.19. The van der Waals surface area contributed by atoms with Gasteiger partial charge in [-0.1, -0.05) is 20.8 Å². The molecule has 0 rings (SSSR count). The van der Waals surface area contributed by atoms with Crippen molar-refractivity contribution in [1.29, 1.82) is 0 Å². The minimum absolute atomic E-state index is 0.128. The highest BCUT2D eigenvalue weighted by Gasteiger charge is 2.40. The standard InChI is InChI=1S/C13H25NO4/c1-7-14(9(2)8-18-6)11(15)10(12(16)17)13(3,4)5/h9-10H,7-8H2,1-6H3,(H,16,17). The summed E-state index contributed by atoms with van der Waals surface area (Å²) in [7, 11) is 1.56. The molecule has 0 heterocycles. The van der Waals surface area contributed by atoms with E-state index in [0.717, 1.165) is 0 Å². The maximum Gasteiger partial charge on any atom is 0.316 e. The fourth-order valence-electron chi connectivity index (χ4n) is 2.03. The summed E-state index contributed by atoms with van der Waals surface area (Å²) in [5.41, 5.74) is -0.608. The molecule has 18 heavy (non-hydrogen) atoms. The maximum atomic E-state index is 12.4. The van der Waals surface area contributed by atoms with Crippen LogP contribution in [-0.2, 0) is 14.3 Å². The van der Waals surface area contributed by atoms with E-state index >= 15 is 0 Å². The van der Waals surface area contributed by atoms with Crippen molar-refractivity contribution in [2.45, 2.75) is 40.7 Å². The van der Waals surface area contributed by atoms with E-state index in [1.54, 1.807) is 32.8 Å². The van der Waals surface area contributed by atoms with Gasteiger partial charge in [0, 0.05) is 13.7 Å². The zero-order chi connectivity index (χ0) is 14.5. The van der Waals surface area contributed by atoms with Crippen LogP contribution in [0.25, 0.3) is 0 Å². The number of rotatable bonds is 6. The van der Waals surface area contributed by atoms with Crippen LogP contribution < -0.4 is 0 Å². The molecule has 1 N–H and O–H groups in total. The van der Waals surface area contributed by atoms with Crippen molar-refractivity contribution in [3.8, 4) is 0 Å². The van der Waals surface area contributed by atoms with E-state index in [9.17, 15) is 14.7 Å². The third-order valence-electron chi connectivity index (χ3n) is 2.92. The third kappa shape index (κ3) is 4.29. The van der Waals surface area contributed by atoms with Gasteiger partial charge in [0.05, 0.1) is 12.6 Å². The lowest BCUT2D eigenvalue weighted by atomic mass is 9.79. The van der Waals surface area contributed by atoms with Gasteiger partial charge in [-0.3, -0.25) is 9.59 Å². The van der Waals surface area contributed by atoms with Gasteiger partial charge in [-0.05, 0) is 19.3 Å². The van der Waals surface area contributed by atoms with Gasteiger partial charge in [0.15, 0.2) is 0 Å². The average molecular weight is 259 g/mol. The smallest absolute Gasteiger partial charge is 0.316 e. The van der Waals surface area contributed by atoms with Crippen LogP contribution in [0.3, 0.4) is 0 Å². The number of carboxylic acids is 1. The summed E-state index contributed by atoms with van der Waals surface area (Å²) in [6.45, 7) is 9.85. The summed E-state index contributed by atoms with van der Waals surface area (Å²) >= 11 is 0. The molecule has 0 aromatic rings. The molecule has 5 nitrogen and oxygen atoms in total. The zero-order valence-electron chi connectivity index (χ0n) is 12.2. The Labute approximate surface area is 109 Å². The number of hydrogen-bond acceptors (Lipinski definition) is 3. The van der Waals surface area contributed by atoms with Crippen LogP contribution in [0.15, 0.2) is 0 Å². The maximum absolute atomic E-state index is 12.4. The predicted octanol–water partition coefficient (Wildman–Crippen LogP) is 1.62. The topological polar surface area (TPSA) is 66.8 Å². The molecular weight excluding hydrogens is 234 g/mol. The van der Waals surface area contributed by atoms with Gasteiger partial charge in [0.2, 0.25) is 5.91 Å². The molecule has 2 unspecified atom stereocenters. The van der Waals surface area contributed by atoms with E-state index < -0.39 is 17.3 Å². The van der Waals surface area contributed by atoms with Gasteiger partial charge in [0.25, 0.3) is 0 Å². The Morgan fingerprint density at radius 1 is 1.33 bits per heavy atom. The number of aliphatic carboxylic acids is 1. The van der Waals surface area contributed by atoms with Crippen molar-refractivity contribution in [2.75, 3.05) is 20.3 Å². The second kappa shape index (κ2) is 6.73. The Morgan fingerprint density at radius 2 is 1.83 bits per heavy atom. The summed E-state index contributed by atoms with van der Waals surface area (Å²) < 4.78 is 5.02. The molecule has 0 aromatic carbocycles. The van der Waals surface area contributed by atoms with Crippen LogP contribution >= 0.6 is 0 Å². The predicted molar refractivity (Wildman–Crippen MR) is 69.3 cm³/mol. The lowest BCUT2D eigenvalue weighted by Crippen LogP contribution is -2.49.